The van der Waals surface area contributed by atoms with Crippen molar-refractivity contribution in [3.8, 4) is 0 Å². The maximum Gasteiger partial charge on any atom is 0.419 e. The van der Waals surface area contributed by atoms with E-state index in [1.807, 2.05) is 21.0 Å². The molecule has 0 spiro atoms. The number of rotatable bonds is 9. The number of nitrogens with zero attached hydrogens (tertiary/aromatic N) is 3. The van der Waals surface area contributed by atoms with E-state index in [-0.39, 0.29) is 60.7 Å². The molecule has 8 saturated carbocycles. The van der Waals surface area contributed by atoms with Crippen molar-refractivity contribution >= 4 is 27.5 Å². The molecule has 0 aliphatic heterocycles. The minimum absolute atomic E-state index is 0. The fourth-order valence-electron chi connectivity index (χ4n) is 18.0. The third kappa shape index (κ3) is 11.3. The van der Waals surface area contributed by atoms with Crippen LogP contribution in [0.3, 0.4) is 0 Å². The quantitative estimate of drug-likeness (QED) is 0.167. The van der Waals surface area contributed by atoms with E-state index in [4.69, 9.17) is 9.47 Å². The summed E-state index contributed by atoms with van der Waals surface area (Å²) in [4.78, 5) is 26.0. The molecule has 10 rings (SSSR count). The van der Waals surface area contributed by atoms with E-state index in [2.05, 4.69) is 45.1 Å². The molecule has 0 amide bonds. The van der Waals surface area contributed by atoms with E-state index in [9.17, 15) is 46.1 Å². The number of aromatic amines is 1. The van der Waals surface area contributed by atoms with E-state index < -0.39 is 34.7 Å². The Morgan fingerprint density at radius 3 is 1.51 bits per heavy atom. The molecule has 17 heteroatoms. The third-order valence-electron chi connectivity index (χ3n) is 21.1. The maximum atomic E-state index is 13.4. The van der Waals surface area contributed by atoms with Crippen LogP contribution in [-0.4, -0.2) is 85.7 Å². The molecule has 8 aliphatic carbocycles. The summed E-state index contributed by atoms with van der Waals surface area (Å²) in [5, 5.41) is 31.1. The molecule has 16 atom stereocenters. The Labute approximate surface area is 439 Å². The van der Waals surface area contributed by atoms with Crippen molar-refractivity contribution in [1.29, 1.82) is 0 Å². The van der Waals surface area contributed by atoms with Crippen molar-refractivity contribution in [2.24, 2.45) is 80.8 Å². The second-order valence-corrected chi connectivity index (χ2v) is 25.4. The summed E-state index contributed by atoms with van der Waals surface area (Å²) in [6, 6.07) is 0. The number of H-pyrrole nitrogens is 1. The molecule has 10 nitrogen and oxygen atoms in total. The second-order valence-electron chi connectivity index (χ2n) is 24.9. The van der Waals surface area contributed by atoms with Crippen molar-refractivity contribution in [2.45, 2.75) is 188 Å². The summed E-state index contributed by atoms with van der Waals surface area (Å²) in [6.07, 6.45) is 13.5. The summed E-state index contributed by atoms with van der Waals surface area (Å²) >= 11 is 3.43. The van der Waals surface area contributed by atoms with Crippen molar-refractivity contribution in [3.63, 3.8) is 0 Å². The smallest absolute Gasteiger partial charge is 0.390 e. The number of aromatic nitrogens is 4. The topological polar surface area (TPSA) is 140 Å². The Kier molecular flexibility index (Phi) is 18.2. The lowest BCUT2D eigenvalue weighted by atomic mass is 9.43. The molecular formula is C56H87BrF6N4O6. The van der Waals surface area contributed by atoms with Crippen LogP contribution in [0.2, 0.25) is 0 Å². The van der Waals surface area contributed by atoms with Gasteiger partial charge in [-0.05, 0) is 198 Å². The first-order valence-electron chi connectivity index (χ1n) is 26.5. The van der Waals surface area contributed by atoms with Crippen LogP contribution in [-0.2, 0) is 38.0 Å². The van der Waals surface area contributed by atoms with Crippen molar-refractivity contribution in [2.75, 3.05) is 32.8 Å². The van der Waals surface area contributed by atoms with Crippen LogP contribution in [0.1, 0.15) is 169 Å². The van der Waals surface area contributed by atoms with Crippen molar-refractivity contribution in [1.82, 2.24) is 20.0 Å². The molecule has 0 radical (unpaired) electrons. The zero-order chi connectivity index (χ0) is 51.6. The van der Waals surface area contributed by atoms with E-state index in [0.29, 0.717) is 52.5 Å². The predicted molar refractivity (Wildman–Crippen MR) is 272 cm³/mol. The number of hydrogen-bond donors (Lipinski definition) is 3. The normalized spacial score (nSPS) is 41.5. The predicted octanol–water partition coefficient (Wildman–Crippen LogP) is 13.2. The molecule has 73 heavy (non-hydrogen) atoms. The molecule has 0 bridgehead atoms. The van der Waals surface area contributed by atoms with Crippen LogP contribution in [0.25, 0.3) is 0 Å². The Morgan fingerprint density at radius 1 is 0.658 bits per heavy atom. The third-order valence-corrected chi connectivity index (χ3v) is 21.7. The van der Waals surface area contributed by atoms with Crippen LogP contribution >= 0.6 is 15.9 Å². The van der Waals surface area contributed by atoms with E-state index in [0.717, 1.165) is 132 Å². The highest BCUT2D eigenvalue weighted by Gasteiger charge is 2.65. The van der Waals surface area contributed by atoms with Crippen molar-refractivity contribution in [3.05, 3.63) is 35.9 Å². The lowest BCUT2D eigenvalue weighted by molar-refractivity contribution is -0.175. The summed E-state index contributed by atoms with van der Waals surface area (Å²) < 4.78 is 86.4. The van der Waals surface area contributed by atoms with Gasteiger partial charge < -0.3 is 19.7 Å². The second kappa shape index (κ2) is 22.2. The maximum absolute atomic E-state index is 13.4. The number of fused-ring (bicyclic) bond motifs is 10. The molecular weight excluding hydrogens is 1020 g/mol. The van der Waals surface area contributed by atoms with Crippen LogP contribution in [0.4, 0.5) is 26.3 Å². The summed E-state index contributed by atoms with van der Waals surface area (Å²) in [7, 11) is 3.65. The Balaban J connectivity index is 0.000000203. The van der Waals surface area contributed by atoms with E-state index in [1.165, 1.54) is 32.1 Å². The number of ether oxygens (including phenoxy) is 2. The monoisotopic (exact) mass is 1100 g/mol. The van der Waals surface area contributed by atoms with Gasteiger partial charge in [-0.1, -0.05) is 44.6 Å². The molecule has 2 aromatic heterocycles. The molecule has 3 N–H and O–H groups in total. The van der Waals surface area contributed by atoms with E-state index in [1.54, 1.807) is 7.11 Å². The summed E-state index contributed by atoms with van der Waals surface area (Å²) in [5.74, 6) is 5.32. The number of carbonyl (C=O) groups excluding carboxylic acids is 2. The highest BCUT2D eigenvalue weighted by atomic mass is 79.9. The van der Waals surface area contributed by atoms with E-state index >= 15 is 0 Å². The lowest BCUT2D eigenvalue weighted by Gasteiger charge is -2.62. The molecule has 2 heterocycles. The number of halogens is 7. The first kappa shape index (κ1) is 59.9. The van der Waals surface area contributed by atoms with Crippen LogP contribution in [0.5, 0.6) is 0 Å². The molecule has 0 saturated heterocycles. The number of alkyl halides is 7. The first-order valence-corrected chi connectivity index (χ1v) is 27.6. The highest BCUT2D eigenvalue weighted by Crippen LogP contribution is 2.70. The number of methoxy groups -OCH3 is 2. The van der Waals surface area contributed by atoms with Gasteiger partial charge in [0.15, 0.2) is 5.78 Å². The lowest BCUT2D eigenvalue weighted by Crippen LogP contribution is -2.58. The first-order chi connectivity index (χ1) is 33.3. The zero-order valence-corrected chi connectivity index (χ0v) is 44.2. The minimum atomic E-state index is -4.45. The minimum Gasteiger partial charge on any atom is -0.390 e. The Hall–Kier alpha value is -2.34. The van der Waals surface area contributed by atoms with Gasteiger partial charge in [-0.25, -0.2) is 0 Å². The van der Waals surface area contributed by atoms with Gasteiger partial charge in [-0.15, -0.1) is 0 Å². The summed E-state index contributed by atoms with van der Waals surface area (Å²) in [5.41, 5.74) is -2.21. The van der Waals surface area contributed by atoms with Gasteiger partial charge in [-0.3, -0.25) is 19.4 Å². The fraction of sp³-hybridized carbons (Fsp3) is 0.857. The van der Waals surface area contributed by atoms with Crippen LogP contribution in [0, 0.1) is 80.8 Å². The highest BCUT2D eigenvalue weighted by molar-refractivity contribution is 9.09. The SMILES string of the molecule is C.C.COC[C@]12CC[C@@](C)(O)C[C@H]1CC[C@H]1[C@@H]3CC[C@H](C(=O)CBr)[C@@]3(C)CC[C@@H]12.COC[C@]12CC[C@@](C)(O)C[C@H]1CC[C@H]1[C@@H]3CC[C@H](C(=O)Cn4cc(C(F)(F)F)cn4)[C@@]3(C)CC[C@@H]12.FC(F)(F)c1cn[nH]c1. The molecule has 0 unspecified atom stereocenters. The molecule has 8 aliphatic rings. The zero-order valence-electron chi connectivity index (χ0n) is 42.7. The van der Waals surface area contributed by atoms with Gasteiger partial charge in [-0.2, -0.15) is 36.5 Å². The van der Waals surface area contributed by atoms with Gasteiger partial charge in [0.25, 0.3) is 0 Å². The van der Waals surface area contributed by atoms with Gasteiger partial charge in [0, 0.05) is 38.4 Å². The number of ketones is 2. The van der Waals surface area contributed by atoms with Crippen LogP contribution < -0.4 is 0 Å². The number of hydrogen-bond acceptors (Lipinski definition) is 8. The Bertz CT molecular complexity index is 2170. The summed E-state index contributed by atoms with van der Waals surface area (Å²) in [6.45, 7) is 10.2. The fourth-order valence-corrected chi connectivity index (χ4v) is 18.4. The van der Waals surface area contributed by atoms with Crippen LogP contribution in [0.15, 0.2) is 24.8 Å². The average Bonchev–Trinajstić information content (AvgIpc) is 4.13. The number of carbonyl (C=O) groups is 2. The van der Waals surface area contributed by atoms with Gasteiger partial charge >= 0.3 is 12.4 Å². The largest absolute Gasteiger partial charge is 0.419 e. The molecule has 8 fully saturated rings. The van der Waals surface area contributed by atoms with Gasteiger partial charge in [0.1, 0.15) is 5.78 Å². The average molecular weight is 1110 g/mol. The van der Waals surface area contributed by atoms with Gasteiger partial charge in [0.2, 0.25) is 0 Å². The number of aliphatic hydroxyl groups is 2. The molecule has 416 valence electrons. The number of Topliss-reactive ketones (excluding diaryl/α,β-unsaturated/α-hetero) is 2. The Morgan fingerprint density at radius 2 is 1.12 bits per heavy atom. The van der Waals surface area contributed by atoms with Gasteiger partial charge in [0.05, 0.1) is 59.8 Å². The molecule has 0 aromatic carbocycles. The van der Waals surface area contributed by atoms with Crippen molar-refractivity contribution < 1.29 is 55.6 Å². The number of nitrogens with one attached hydrogen (secondary N) is 1. The molecule has 2 aromatic rings. The standard InChI is InChI=1S/C27H39F3N2O3.C23H37BrO3.C4H3F3N2.2CH4/c1-24(34)10-11-26(16-35-3)17(12-24)4-5-19-20-6-7-22(25(20,2)9-8-21(19)26)23(33)15-32-14-18(13-31-32)27(28,29)30;1-21(26)10-11-23(14-27-3)15(12-21)4-5-16-17-6-7-19(20(25)13-24)22(17,2)9-8-18(16)23;5-4(6,7)3-1-8-9-2-3;;/h13-14,17,19-22,34H,4-12,15-16H2,1-3H3;15-19,26H,4-14H2,1-3H3;1-2H,(H,8,9);2*1H4/t17-,19+,20+,21+,22-,24-,25+,26-;15-,16+,17+,18+,19-,21-,22+,23-;;;/m11.../s1.